The van der Waals surface area contributed by atoms with Gasteiger partial charge in [0.05, 0.1) is 20.1 Å². The molecule has 0 aliphatic rings. The Hall–Kier alpha value is -2.34. The number of benzene rings is 1. The highest BCUT2D eigenvalue weighted by molar-refractivity contribution is 7.10. The van der Waals surface area contributed by atoms with E-state index >= 15 is 0 Å². The van der Waals surface area contributed by atoms with E-state index < -0.39 is 0 Å². The number of methoxy groups -OCH3 is 1. The number of carbonyl (C=O) groups is 2. The van der Waals surface area contributed by atoms with E-state index in [2.05, 4.69) is 10.6 Å². The SMILES string of the molecule is COc1ccccc1CNC(=O)CNC(=O)Cc1cccs1. The van der Waals surface area contributed by atoms with Gasteiger partial charge in [-0.15, -0.1) is 11.3 Å². The van der Waals surface area contributed by atoms with Crippen LogP contribution in [0.3, 0.4) is 0 Å². The van der Waals surface area contributed by atoms with Crippen LogP contribution in [0, 0.1) is 0 Å². The van der Waals surface area contributed by atoms with Crippen molar-refractivity contribution in [3.8, 4) is 5.75 Å². The van der Waals surface area contributed by atoms with Crippen molar-refractivity contribution in [2.75, 3.05) is 13.7 Å². The molecule has 0 aliphatic heterocycles. The van der Waals surface area contributed by atoms with Gasteiger partial charge >= 0.3 is 0 Å². The fourth-order valence-corrected chi connectivity index (χ4v) is 2.62. The van der Waals surface area contributed by atoms with Crippen molar-refractivity contribution in [2.24, 2.45) is 0 Å². The van der Waals surface area contributed by atoms with Gasteiger partial charge in [-0.25, -0.2) is 0 Å². The summed E-state index contributed by atoms with van der Waals surface area (Å²) in [4.78, 5) is 24.4. The van der Waals surface area contributed by atoms with Crippen molar-refractivity contribution in [1.29, 1.82) is 0 Å². The van der Waals surface area contributed by atoms with Crippen LogP contribution in [0.25, 0.3) is 0 Å². The lowest BCUT2D eigenvalue weighted by Gasteiger charge is -2.10. The van der Waals surface area contributed by atoms with E-state index in [0.29, 0.717) is 13.0 Å². The molecule has 2 aromatic rings. The molecule has 0 aliphatic carbocycles. The molecule has 0 radical (unpaired) electrons. The van der Waals surface area contributed by atoms with Gasteiger partial charge in [-0.1, -0.05) is 24.3 Å². The molecule has 0 atom stereocenters. The van der Waals surface area contributed by atoms with Gasteiger partial charge in [0.2, 0.25) is 11.8 Å². The van der Waals surface area contributed by atoms with E-state index in [0.717, 1.165) is 16.2 Å². The zero-order valence-electron chi connectivity index (χ0n) is 12.3. The Bertz CT molecular complexity index is 626. The second-order valence-electron chi connectivity index (χ2n) is 4.62. The highest BCUT2D eigenvalue weighted by Crippen LogP contribution is 2.16. The van der Waals surface area contributed by atoms with E-state index in [-0.39, 0.29) is 18.4 Å². The number of nitrogens with one attached hydrogen (secondary N) is 2. The molecule has 0 saturated heterocycles. The third-order valence-electron chi connectivity index (χ3n) is 3.03. The molecular formula is C16H18N2O3S. The van der Waals surface area contributed by atoms with Gasteiger partial charge in [-0.2, -0.15) is 0 Å². The summed E-state index contributed by atoms with van der Waals surface area (Å²) < 4.78 is 5.21. The van der Waals surface area contributed by atoms with Gasteiger partial charge in [0, 0.05) is 17.0 Å². The van der Waals surface area contributed by atoms with E-state index in [1.165, 1.54) is 11.3 Å². The lowest BCUT2D eigenvalue weighted by molar-refractivity contribution is -0.125. The quantitative estimate of drug-likeness (QED) is 0.817. The van der Waals surface area contributed by atoms with Crippen molar-refractivity contribution in [1.82, 2.24) is 10.6 Å². The average molecular weight is 318 g/mol. The molecule has 0 saturated carbocycles. The molecule has 116 valence electrons. The van der Waals surface area contributed by atoms with Crippen molar-refractivity contribution >= 4 is 23.2 Å². The summed E-state index contributed by atoms with van der Waals surface area (Å²) in [5.74, 6) is 0.338. The molecule has 22 heavy (non-hydrogen) atoms. The number of hydrogen-bond donors (Lipinski definition) is 2. The summed E-state index contributed by atoms with van der Waals surface area (Å²) in [6, 6.07) is 11.3. The molecular weight excluding hydrogens is 300 g/mol. The number of rotatable bonds is 7. The van der Waals surface area contributed by atoms with Gasteiger partial charge < -0.3 is 15.4 Å². The molecule has 5 nitrogen and oxygen atoms in total. The summed E-state index contributed by atoms with van der Waals surface area (Å²) in [6.45, 7) is 0.336. The second kappa shape index (κ2) is 8.19. The van der Waals surface area contributed by atoms with Gasteiger partial charge in [0.15, 0.2) is 0 Å². The molecule has 0 spiro atoms. The highest BCUT2D eigenvalue weighted by Gasteiger charge is 2.08. The minimum absolute atomic E-state index is 0.0284. The number of amides is 2. The lowest BCUT2D eigenvalue weighted by atomic mass is 10.2. The minimum atomic E-state index is -0.231. The Balaban J connectivity index is 1.72. The smallest absolute Gasteiger partial charge is 0.239 e. The molecule has 1 aromatic heterocycles. The number of ether oxygens (including phenoxy) is 1. The molecule has 0 fully saturated rings. The topological polar surface area (TPSA) is 67.4 Å². The van der Waals surface area contributed by atoms with Gasteiger partial charge in [-0.05, 0) is 17.5 Å². The Labute approximate surface area is 133 Å². The summed E-state index contributed by atoms with van der Waals surface area (Å²) in [5.41, 5.74) is 0.892. The Morgan fingerprint density at radius 3 is 2.64 bits per heavy atom. The van der Waals surface area contributed by atoms with Crippen molar-refractivity contribution < 1.29 is 14.3 Å². The Morgan fingerprint density at radius 1 is 1.09 bits per heavy atom. The van der Waals surface area contributed by atoms with E-state index in [9.17, 15) is 9.59 Å². The molecule has 1 aromatic carbocycles. The first-order valence-electron chi connectivity index (χ1n) is 6.86. The van der Waals surface area contributed by atoms with Crippen molar-refractivity contribution in [3.63, 3.8) is 0 Å². The van der Waals surface area contributed by atoms with Crippen molar-refractivity contribution in [2.45, 2.75) is 13.0 Å². The van der Waals surface area contributed by atoms with Crippen LogP contribution in [0.1, 0.15) is 10.4 Å². The van der Waals surface area contributed by atoms with Crippen LogP contribution in [0.2, 0.25) is 0 Å². The van der Waals surface area contributed by atoms with Crippen LogP contribution in [0.4, 0.5) is 0 Å². The maximum absolute atomic E-state index is 11.8. The van der Waals surface area contributed by atoms with Crippen LogP contribution in [-0.4, -0.2) is 25.5 Å². The van der Waals surface area contributed by atoms with E-state index in [4.69, 9.17) is 4.74 Å². The first-order valence-corrected chi connectivity index (χ1v) is 7.74. The van der Waals surface area contributed by atoms with Gasteiger partial charge in [0.25, 0.3) is 0 Å². The largest absolute Gasteiger partial charge is 0.496 e. The monoisotopic (exact) mass is 318 g/mol. The molecule has 1 heterocycles. The molecule has 6 heteroatoms. The third kappa shape index (κ3) is 4.89. The standard InChI is InChI=1S/C16H18N2O3S/c1-21-14-7-3-2-5-12(14)10-17-16(20)11-18-15(19)9-13-6-4-8-22-13/h2-8H,9-11H2,1H3,(H,17,20)(H,18,19). The van der Waals surface area contributed by atoms with Crippen LogP contribution in [0.5, 0.6) is 5.75 Å². The first kappa shape index (κ1) is 16.0. The van der Waals surface area contributed by atoms with Gasteiger partial charge in [-0.3, -0.25) is 9.59 Å². The van der Waals surface area contributed by atoms with Crippen molar-refractivity contribution in [3.05, 3.63) is 52.2 Å². The number of carbonyl (C=O) groups excluding carboxylic acids is 2. The molecule has 2 N–H and O–H groups in total. The predicted molar refractivity (Wildman–Crippen MR) is 85.9 cm³/mol. The summed E-state index contributed by atoms with van der Waals surface area (Å²) in [7, 11) is 1.59. The summed E-state index contributed by atoms with van der Waals surface area (Å²) in [5, 5.41) is 7.29. The number of hydrogen-bond acceptors (Lipinski definition) is 4. The fourth-order valence-electron chi connectivity index (χ4n) is 1.92. The maximum atomic E-state index is 11.8. The normalized spacial score (nSPS) is 10.0. The molecule has 2 rings (SSSR count). The van der Waals surface area contributed by atoms with Crippen LogP contribution >= 0.6 is 11.3 Å². The number of thiophene rings is 1. The van der Waals surface area contributed by atoms with E-state index in [1.807, 2.05) is 41.8 Å². The second-order valence-corrected chi connectivity index (χ2v) is 5.65. The Kier molecular flexibility index (Phi) is 5.97. The van der Waals surface area contributed by atoms with Crippen LogP contribution < -0.4 is 15.4 Å². The maximum Gasteiger partial charge on any atom is 0.239 e. The number of para-hydroxylation sites is 1. The third-order valence-corrected chi connectivity index (χ3v) is 3.91. The predicted octanol–water partition coefficient (Wildman–Crippen LogP) is 1.73. The molecule has 2 amide bonds. The summed E-state index contributed by atoms with van der Waals surface area (Å²) in [6.07, 6.45) is 0.303. The van der Waals surface area contributed by atoms with Crippen LogP contribution in [0.15, 0.2) is 41.8 Å². The first-order chi connectivity index (χ1) is 10.7. The molecule has 0 bridgehead atoms. The fraction of sp³-hybridized carbons (Fsp3) is 0.250. The minimum Gasteiger partial charge on any atom is -0.496 e. The van der Waals surface area contributed by atoms with Gasteiger partial charge in [0.1, 0.15) is 5.75 Å². The van der Waals surface area contributed by atoms with E-state index in [1.54, 1.807) is 7.11 Å². The summed E-state index contributed by atoms with van der Waals surface area (Å²) >= 11 is 1.52. The lowest BCUT2D eigenvalue weighted by Crippen LogP contribution is -2.37. The Morgan fingerprint density at radius 2 is 1.91 bits per heavy atom. The van der Waals surface area contributed by atoms with Crippen LogP contribution in [-0.2, 0) is 22.6 Å². The highest BCUT2D eigenvalue weighted by atomic mass is 32.1. The zero-order chi connectivity index (χ0) is 15.8. The zero-order valence-corrected chi connectivity index (χ0v) is 13.1. The molecule has 0 unspecified atom stereocenters. The average Bonchev–Trinajstić information content (AvgIpc) is 3.04.